The molecule has 0 aromatic carbocycles. The van der Waals surface area contributed by atoms with Gasteiger partial charge in [-0.25, -0.2) is 4.79 Å². The van der Waals surface area contributed by atoms with Gasteiger partial charge in [-0.2, -0.15) is 13.2 Å². The number of amides is 1. The third kappa shape index (κ3) is 4.15. The van der Waals surface area contributed by atoms with E-state index in [1.807, 2.05) is 5.32 Å². The summed E-state index contributed by atoms with van der Waals surface area (Å²) in [4.78, 5) is 23.2. The average Bonchev–Trinajstić information content (AvgIpc) is 2.58. The van der Waals surface area contributed by atoms with Crippen LogP contribution >= 0.6 is 0 Å². The minimum atomic E-state index is -4.43. The minimum absolute atomic E-state index is 0.111. The topological polar surface area (TPSA) is 89.9 Å². The number of rotatable bonds is 4. The van der Waals surface area contributed by atoms with Crippen molar-refractivity contribution in [3.05, 3.63) is 0 Å². The first-order valence-corrected chi connectivity index (χ1v) is 5.18. The molecular weight excluding hydrogens is 257 g/mol. The predicted molar refractivity (Wildman–Crippen MR) is 52.7 cm³/mol. The maximum absolute atomic E-state index is 11.8. The summed E-state index contributed by atoms with van der Waals surface area (Å²) in [6.07, 6.45) is -5.50. The Labute approximate surface area is 100 Å². The van der Waals surface area contributed by atoms with Crippen LogP contribution in [-0.4, -0.2) is 64.9 Å². The van der Waals surface area contributed by atoms with Crippen LogP contribution in [0.5, 0.6) is 0 Å². The maximum Gasteiger partial charge on any atom is 0.401 e. The van der Waals surface area contributed by atoms with Gasteiger partial charge in [0, 0.05) is 13.0 Å². The number of likely N-dealkylation sites (tertiary alicyclic amines) is 1. The Balaban J connectivity index is 2.48. The molecule has 18 heavy (non-hydrogen) atoms. The van der Waals surface area contributed by atoms with Crippen molar-refractivity contribution in [1.82, 2.24) is 10.2 Å². The van der Waals surface area contributed by atoms with Crippen molar-refractivity contribution >= 4 is 11.9 Å². The van der Waals surface area contributed by atoms with E-state index >= 15 is 0 Å². The minimum Gasteiger partial charge on any atom is -0.480 e. The molecule has 0 spiro atoms. The molecule has 1 fully saturated rings. The zero-order valence-corrected chi connectivity index (χ0v) is 9.28. The molecule has 0 radical (unpaired) electrons. The van der Waals surface area contributed by atoms with Gasteiger partial charge >= 0.3 is 12.1 Å². The highest BCUT2D eigenvalue weighted by Crippen LogP contribution is 2.18. The van der Waals surface area contributed by atoms with E-state index in [9.17, 15) is 27.9 Å². The van der Waals surface area contributed by atoms with Gasteiger partial charge in [-0.15, -0.1) is 0 Å². The van der Waals surface area contributed by atoms with Crippen LogP contribution in [0.3, 0.4) is 0 Å². The number of halogens is 3. The monoisotopic (exact) mass is 270 g/mol. The Hall–Kier alpha value is -1.35. The van der Waals surface area contributed by atoms with Crippen LogP contribution < -0.4 is 5.32 Å². The molecule has 1 saturated heterocycles. The number of aliphatic hydroxyl groups excluding tert-OH is 1. The highest BCUT2D eigenvalue weighted by molar-refractivity contribution is 5.85. The van der Waals surface area contributed by atoms with Crippen LogP contribution in [0.15, 0.2) is 0 Å². The molecule has 1 amide bonds. The lowest BCUT2D eigenvalue weighted by Gasteiger charge is -2.21. The molecule has 104 valence electrons. The molecule has 0 saturated carbocycles. The standard InChI is InChI=1S/C9H13F3N2O4/c10-9(11,12)4-13-2-7(16)14-3-5(15)1-6(14)8(17)18/h5-6,13,15H,1-4H2,(H,17,18). The van der Waals surface area contributed by atoms with E-state index in [0.29, 0.717) is 0 Å². The second-order valence-electron chi connectivity index (χ2n) is 4.01. The SMILES string of the molecule is O=C(O)C1CC(O)CN1C(=O)CNCC(F)(F)F. The second kappa shape index (κ2) is 5.53. The first-order valence-electron chi connectivity index (χ1n) is 5.18. The van der Waals surface area contributed by atoms with E-state index in [0.717, 1.165) is 4.90 Å². The quantitative estimate of drug-likeness (QED) is 0.621. The summed E-state index contributed by atoms with van der Waals surface area (Å²) in [5.41, 5.74) is 0. The van der Waals surface area contributed by atoms with Gasteiger partial charge in [-0.3, -0.25) is 4.79 Å². The van der Waals surface area contributed by atoms with Crippen molar-refractivity contribution in [2.75, 3.05) is 19.6 Å². The number of carboxylic acid groups (broad SMARTS) is 1. The number of hydrogen-bond donors (Lipinski definition) is 3. The molecule has 1 rings (SSSR count). The summed E-state index contributed by atoms with van der Waals surface area (Å²) in [5.74, 6) is -2.06. The number of carbonyl (C=O) groups excluding carboxylic acids is 1. The number of aliphatic hydroxyl groups is 1. The van der Waals surface area contributed by atoms with Crippen molar-refractivity contribution in [1.29, 1.82) is 0 Å². The molecule has 0 bridgehead atoms. The molecule has 2 unspecified atom stereocenters. The van der Waals surface area contributed by atoms with Crippen LogP contribution in [0, 0.1) is 0 Å². The van der Waals surface area contributed by atoms with E-state index in [1.165, 1.54) is 0 Å². The highest BCUT2D eigenvalue weighted by Gasteiger charge is 2.38. The van der Waals surface area contributed by atoms with Crippen molar-refractivity contribution < 1.29 is 33.0 Å². The molecular formula is C9H13F3N2O4. The number of hydrogen-bond acceptors (Lipinski definition) is 4. The number of aliphatic carboxylic acids is 1. The second-order valence-corrected chi connectivity index (χ2v) is 4.01. The van der Waals surface area contributed by atoms with Crippen molar-refractivity contribution in [3.63, 3.8) is 0 Å². The van der Waals surface area contributed by atoms with Gasteiger partial charge in [0.2, 0.25) is 5.91 Å². The largest absolute Gasteiger partial charge is 0.480 e. The molecule has 2 atom stereocenters. The summed E-state index contributed by atoms with van der Waals surface area (Å²) in [5, 5.41) is 19.9. The fraction of sp³-hybridized carbons (Fsp3) is 0.778. The van der Waals surface area contributed by atoms with Crippen LogP contribution in [0.4, 0.5) is 13.2 Å². The van der Waals surface area contributed by atoms with Gasteiger partial charge in [-0.05, 0) is 0 Å². The predicted octanol–water partition coefficient (Wildman–Crippen LogP) is -0.815. The van der Waals surface area contributed by atoms with E-state index in [4.69, 9.17) is 5.11 Å². The summed E-state index contributed by atoms with van der Waals surface area (Å²) in [6.45, 7) is -2.12. The molecule has 1 heterocycles. The maximum atomic E-state index is 11.8. The van der Waals surface area contributed by atoms with Crippen molar-refractivity contribution in [3.8, 4) is 0 Å². The van der Waals surface area contributed by atoms with Crippen molar-refractivity contribution in [2.45, 2.75) is 24.7 Å². The first kappa shape index (κ1) is 14.7. The molecule has 0 aromatic heterocycles. The highest BCUT2D eigenvalue weighted by atomic mass is 19.4. The van der Waals surface area contributed by atoms with Gasteiger partial charge in [0.1, 0.15) is 6.04 Å². The normalized spacial score (nSPS) is 24.3. The van der Waals surface area contributed by atoms with Crippen LogP contribution in [0.2, 0.25) is 0 Å². The number of alkyl halides is 3. The van der Waals surface area contributed by atoms with Gasteiger partial charge in [0.15, 0.2) is 0 Å². The van der Waals surface area contributed by atoms with Crippen molar-refractivity contribution in [2.24, 2.45) is 0 Å². The van der Waals surface area contributed by atoms with Crippen LogP contribution in [-0.2, 0) is 9.59 Å². The van der Waals surface area contributed by atoms with E-state index in [-0.39, 0.29) is 13.0 Å². The van der Waals surface area contributed by atoms with Gasteiger partial charge in [0.05, 0.1) is 19.2 Å². The van der Waals surface area contributed by atoms with Crippen LogP contribution in [0.25, 0.3) is 0 Å². The first-order chi connectivity index (χ1) is 8.20. The van der Waals surface area contributed by atoms with Gasteiger partial charge in [-0.1, -0.05) is 0 Å². The lowest BCUT2D eigenvalue weighted by atomic mass is 10.2. The molecule has 3 N–H and O–H groups in total. The summed E-state index contributed by atoms with van der Waals surface area (Å²) in [7, 11) is 0. The summed E-state index contributed by atoms with van der Waals surface area (Å²) >= 11 is 0. The van der Waals surface area contributed by atoms with Gasteiger partial charge in [0.25, 0.3) is 0 Å². The summed E-state index contributed by atoms with van der Waals surface area (Å²) in [6, 6.07) is -1.18. The molecule has 1 aliphatic rings. The van der Waals surface area contributed by atoms with E-state index < -0.39 is 43.3 Å². The number of nitrogens with one attached hydrogen (secondary N) is 1. The Kier molecular flexibility index (Phi) is 4.52. The zero-order chi connectivity index (χ0) is 13.9. The fourth-order valence-electron chi connectivity index (χ4n) is 1.74. The molecule has 1 aliphatic heterocycles. The summed E-state index contributed by atoms with van der Waals surface area (Å²) < 4.78 is 35.5. The number of carboxylic acids is 1. The Bertz CT molecular complexity index is 334. The Morgan fingerprint density at radius 2 is 2.00 bits per heavy atom. The lowest BCUT2D eigenvalue weighted by molar-refractivity contribution is -0.148. The van der Waals surface area contributed by atoms with Gasteiger partial charge < -0.3 is 20.4 Å². The van der Waals surface area contributed by atoms with E-state index in [1.54, 1.807) is 0 Å². The number of carbonyl (C=O) groups is 2. The molecule has 0 aliphatic carbocycles. The average molecular weight is 270 g/mol. The lowest BCUT2D eigenvalue weighted by Crippen LogP contribution is -2.45. The molecule has 6 nitrogen and oxygen atoms in total. The zero-order valence-electron chi connectivity index (χ0n) is 9.28. The smallest absolute Gasteiger partial charge is 0.401 e. The van der Waals surface area contributed by atoms with Crippen LogP contribution in [0.1, 0.15) is 6.42 Å². The molecule has 9 heteroatoms. The number of nitrogens with zero attached hydrogens (tertiary/aromatic N) is 1. The number of β-amino-alcohol motifs (C(OH)–C–C–N with tert-alkyl or cyclic N) is 1. The molecule has 0 aromatic rings. The third-order valence-corrected chi connectivity index (χ3v) is 2.49. The van der Waals surface area contributed by atoms with E-state index in [2.05, 4.69) is 0 Å². The fourth-order valence-corrected chi connectivity index (χ4v) is 1.74. The Morgan fingerprint density at radius 3 is 2.50 bits per heavy atom. The Morgan fingerprint density at radius 1 is 1.39 bits per heavy atom. The third-order valence-electron chi connectivity index (χ3n) is 2.49.